The summed E-state index contributed by atoms with van der Waals surface area (Å²) < 4.78 is 10.1. The third-order valence-corrected chi connectivity index (χ3v) is 4.38. The molecule has 3 rings (SSSR count). The third kappa shape index (κ3) is 4.71. The van der Waals surface area contributed by atoms with E-state index in [0.717, 1.165) is 6.33 Å². The normalized spacial score (nSPS) is 10.3. The van der Waals surface area contributed by atoms with Gasteiger partial charge in [0.15, 0.2) is 0 Å². The molecule has 2 aromatic carbocycles. The van der Waals surface area contributed by atoms with E-state index in [9.17, 15) is 14.9 Å². The molecule has 1 N–H and O–H groups in total. The number of rotatable bonds is 6. The van der Waals surface area contributed by atoms with Crippen LogP contribution in [0.2, 0.25) is 10.0 Å². The van der Waals surface area contributed by atoms with E-state index < -0.39 is 16.6 Å². The maximum absolute atomic E-state index is 11.6. The zero-order valence-corrected chi connectivity index (χ0v) is 16.3. The van der Waals surface area contributed by atoms with Crippen LogP contribution < -0.4 is 10.1 Å². The number of benzene rings is 2. The van der Waals surface area contributed by atoms with Crippen molar-refractivity contribution in [1.82, 2.24) is 9.97 Å². The minimum absolute atomic E-state index is 0.0930. The minimum atomic E-state index is -0.669. The van der Waals surface area contributed by atoms with Crippen LogP contribution >= 0.6 is 23.2 Å². The summed E-state index contributed by atoms with van der Waals surface area (Å²) in [5.41, 5.74) is 0.268. The van der Waals surface area contributed by atoms with Gasteiger partial charge in [0, 0.05) is 5.69 Å². The number of hydrogen-bond acceptors (Lipinski definition) is 8. The largest absolute Gasteiger partial charge is 0.465 e. The molecule has 0 unspecified atom stereocenters. The molecule has 0 amide bonds. The second-order valence-electron chi connectivity index (χ2n) is 5.51. The summed E-state index contributed by atoms with van der Waals surface area (Å²) in [6.07, 6.45) is 1.12. The molecule has 11 heteroatoms. The van der Waals surface area contributed by atoms with Crippen LogP contribution in [0.4, 0.5) is 17.2 Å². The highest BCUT2D eigenvalue weighted by Crippen LogP contribution is 2.36. The first-order valence-electron chi connectivity index (χ1n) is 7.96. The Morgan fingerprint density at radius 2 is 1.83 bits per heavy atom. The van der Waals surface area contributed by atoms with Crippen LogP contribution in [0.5, 0.6) is 11.6 Å². The van der Waals surface area contributed by atoms with Crippen molar-refractivity contribution in [2.75, 3.05) is 12.4 Å². The zero-order valence-electron chi connectivity index (χ0n) is 14.8. The number of nitrogens with zero attached hydrogens (tertiary/aromatic N) is 3. The smallest absolute Gasteiger partial charge is 0.373 e. The van der Waals surface area contributed by atoms with Crippen LogP contribution in [0.25, 0.3) is 0 Å². The molecule has 29 heavy (non-hydrogen) atoms. The number of anilines is 2. The van der Waals surface area contributed by atoms with Crippen molar-refractivity contribution in [2.45, 2.75) is 0 Å². The SMILES string of the molecule is COC(=O)c1ccc(Oc2ncnc(Nc3ccc(Cl)c(Cl)c3)c2[N+](=O)[O-])cc1. The van der Waals surface area contributed by atoms with Crippen LogP contribution in [0, 0.1) is 10.1 Å². The summed E-state index contributed by atoms with van der Waals surface area (Å²) >= 11 is 11.8. The van der Waals surface area contributed by atoms with E-state index in [-0.39, 0.29) is 22.5 Å². The molecule has 3 aromatic rings. The number of hydrogen-bond donors (Lipinski definition) is 1. The van der Waals surface area contributed by atoms with Crippen LogP contribution in [-0.2, 0) is 4.74 Å². The predicted molar refractivity (Wildman–Crippen MR) is 106 cm³/mol. The third-order valence-electron chi connectivity index (χ3n) is 3.64. The Balaban J connectivity index is 1.91. The van der Waals surface area contributed by atoms with E-state index in [1.54, 1.807) is 12.1 Å². The van der Waals surface area contributed by atoms with Gasteiger partial charge >= 0.3 is 17.5 Å². The Labute approximate surface area is 174 Å². The molecule has 0 aliphatic heterocycles. The van der Waals surface area contributed by atoms with Crippen molar-refractivity contribution < 1.29 is 19.2 Å². The number of esters is 1. The lowest BCUT2D eigenvalue weighted by Gasteiger charge is -2.10. The molecular formula is C18H12Cl2N4O5. The molecule has 0 saturated carbocycles. The van der Waals surface area contributed by atoms with Gasteiger partial charge in [-0.15, -0.1) is 0 Å². The van der Waals surface area contributed by atoms with Gasteiger partial charge in [0.05, 0.1) is 27.6 Å². The van der Waals surface area contributed by atoms with Crippen LogP contribution in [0.3, 0.4) is 0 Å². The number of aromatic nitrogens is 2. The zero-order chi connectivity index (χ0) is 21.0. The fourth-order valence-corrected chi connectivity index (χ4v) is 2.59. The second-order valence-corrected chi connectivity index (χ2v) is 6.32. The van der Waals surface area contributed by atoms with Crippen molar-refractivity contribution in [1.29, 1.82) is 0 Å². The van der Waals surface area contributed by atoms with Crippen LogP contribution in [-0.4, -0.2) is 28.0 Å². The number of carbonyl (C=O) groups excluding carboxylic acids is 1. The first kappa shape index (κ1) is 20.3. The molecule has 0 atom stereocenters. The first-order valence-corrected chi connectivity index (χ1v) is 8.72. The van der Waals surface area contributed by atoms with Gasteiger partial charge in [-0.1, -0.05) is 23.2 Å². The van der Waals surface area contributed by atoms with Crippen molar-refractivity contribution >= 4 is 46.4 Å². The fourth-order valence-electron chi connectivity index (χ4n) is 2.29. The summed E-state index contributed by atoms with van der Waals surface area (Å²) in [6.45, 7) is 0. The van der Waals surface area contributed by atoms with E-state index in [0.29, 0.717) is 16.3 Å². The van der Waals surface area contributed by atoms with Gasteiger partial charge in [0.1, 0.15) is 12.1 Å². The molecule has 9 nitrogen and oxygen atoms in total. The average molecular weight is 435 g/mol. The summed E-state index contributed by atoms with van der Waals surface area (Å²) in [4.78, 5) is 30.2. The Morgan fingerprint density at radius 1 is 1.10 bits per heavy atom. The number of carbonyl (C=O) groups is 1. The number of ether oxygens (including phenoxy) is 2. The molecule has 148 valence electrons. The van der Waals surface area contributed by atoms with Crippen LogP contribution in [0.1, 0.15) is 10.4 Å². The van der Waals surface area contributed by atoms with Crippen molar-refractivity contribution in [3.8, 4) is 11.6 Å². The summed E-state index contributed by atoms with van der Waals surface area (Å²) in [5, 5.41) is 15.0. The Kier molecular flexibility index (Phi) is 6.10. The summed E-state index contributed by atoms with van der Waals surface area (Å²) in [7, 11) is 1.26. The number of halogens is 2. The maximum atomic E-state index is 11.6. The molecular weight excluding hydrogens is 423 g/mol. The maximum Gasteiger partial charge on any atom is 0.373 e. The fraction of sp³-hybridized carbons (Fsp3) is 0.0556. The molecule has 1 aromatic heterocycles. The highest BCUT2D eigenvalue weighted by molar-refractivity contribution is 6.42. The van der Waals surface area contributed by atoms with Gasteiger partial charge in [0.25, 0.3) is 0 Å². The molecule has 0 bridgehead atoms. The van der Waals surface area contributed by atoms with Crippen molar-refractivity contribution in [3.63, 3.8) is 0 Å². The second kappa shape index (κ2) is 8.72. The lowest BCUT2D eigenvalue weighted by Crippen LogP contribution is -2.04. The van der Waals surface area contributed by atoms with Gasteiger partial charge in [-0.25, -0.2) is 9.78 Å². The monoisotopic (exact) mass is 434 g/mol. The molecule has 0 spiro atoms. The quantitative estimate of drug-likeness (QED) is 0.326. The van der Waals surface area contributed by atoms with Crippen molar-refractivity contribution in [2.24, 2.45) is 0 Å². The molecule has 0 aliphatic carbocycles. The standard InChI is InChI=1S/C18H12Cl2N4O5/c1-28-18(25)10-2-5-12(6-3-10)29-17-15(24(26)27)16(21-9-22-17)23-11-4-7-13(19)14(20)8-11/h2-9H,1H3,(H,21,22,23). The molecule has 0 saturated heterocycles. The van der Waals surface area contributed by atoms with E-state index >= 15 is 0 Å². The highest BCUT2D eigenvalue weighted by Gasteiger charge is 2.25. The Morgan fingerprint density at radius 3 is 2.45 bits per heavy atom. The lowest BCUT2D eigenvalue weighted by atomic mass is 10.2. The summed E-state index contributed by atoms with van der Waals surface area (Å²) in [6, 6.07) is 10.5. The topological polar surface area (TPSA) is 116 Å². The predicted octanol–water partition coefficient (Wildman–Crippen LogP) is 5.01. The average Bonchev–Trinajstić information content (AvgIpc) is 2.70. The highest BCUT2D eigenvalue weighted by atomic mass is 35.5. The van der Waals surface area contributed by atoms with E-state index in [4.69, 9.17) is 27.9 Å². The molecule has 0 aliphatic rings. The number of nitrogens with one attached hydrogen (secondary N) is 1. The first-order chi connectivity index (χ1) is 13.9. The minimum Gasteiger partial charge on any atom is -0.465 e. The van der Waals surface area contributed by atoms with Gasteiger partial charge < -0.3 is 14.8 Å². The van der Waals surface area contributed by atoms with Gasteiger partial charge in [0.2, 0.25) is 5.82 Å². The van der Waals surface area contributed by atoms with Gasteiger partial charge in [-0.3, -0.25) is 10.1 Å². The van der Waals surface area contributed by atoms with E-state index in [2.05, 4.69) is 20.0 Å². The molecule has 0 radical (unpaired) electrons. The summed E-state index contributed by atoms with van der Waals surface area (Å²) in [5.74, 6) is -0.652. The number of methoxy groups -OCH3 is 1. The van der Waals surface area contributed by atoms with Crippen LogP contribution in [0.15, 0.2) is 48.8 Å². The van der Waals surface area contributed by atoms with Gasteiger partial charge in [-0.2, -0.15) is 4.98 Å². The molecule has 1 heterocycles. The van der Waals surface area contributed by atoms with Crippen molar-refractivity contribution in [3.05, 3.63) is 74.5 Å². The van der Waals surface area contributed by atoms with E-state index in [1.165, 1.54) is 37.4 Å². The number of nitro groups is 1. The molecule has 0 fully saturated rings. The Hall–Kier alpha value is -3.43. The Bertz CT molecular complexity index is 1080. The lowest BCUT2D eigenvalue weighted by molar-refractivity contribution is -0.385. The van der Waals surface area contributed by atoms with E-state index in [1.807, 2.05) is 0 Å². The van der Waals surface area contributed by atoms with Gasteiger partial charge in [-0.05, 0) is 42.5 Å².